The molecular formula is C18H32O4Si. The Morgan fingerprint density at radius 3 is 2.57 bits per heavy atom. The highest BCUT2D eigenvalue weighted by atomic mass is 28.4. The summed E-state index contributed by atoms with van der Waals surface area (Å²) in [6, 6.07) is 0. The highest BCUT2D eigenvalue weighted by Crippen LogP contribution is 2.37. The molecule has 0 fully saturated rings. The van der Waals surface area contributed by atoms with Crippen LogP contribution in [0.2, 0.25) is 18.1 Å². The third kappa shape index (κ3) is 5.73. The predicted molar refractivity (Wildman–Crippen MR) is 95.5 cm³/mol. The molecule has 0 saturated carbocycles. The topological polar surface area (TPSA) is 47.9 Å². The van der Waals surface area contributed by atoms with Gasteiger partial charge in [-0.15, -0.1) is 6.40 Å². The van der Waals surface area contributed by atoms with Crippen molar-refractivity contribution in [1.29, 1.82) is 0 Å². The van der Waals surface area contributed by atoms with E-state index >= 15 is 0 Å². The van der Waals surface area contributed by atoms with E-state index in [1.807, 2.05) is 26.3 Å². The number of hydrogen-bond acceptors (Lipinski definition) is 4. The number of hydrogen-bond donors (Lipinski definition) is 1. The Morgan fingerprint density at radius 1 is 1.39 bits per heavy atom. The van der Waals surface area contributed by atoms with Crippen molar-refractivity contribution in [3.63, 3.8) is 0 Å². The van der Waals surface area contributed by atoms with Gasteiger partial charge in [0.15, 0.2) is 14.6 Å². The molecule has 1 N–H and O–H groups in total. The molecule has 0 amide bonds. The Labute approximate surface area is 143 Å². The van der Waals surface area contributed by atoms with Crippen molar-refractivity contribution < 1.29 is 20.4 Å². The Morgan fingerprint density at radius 2 is 2.04 bits per heavy atom. The Kier molecular flexibility index (Phi) is 6.46. The van der Waals surface area contributed by atoms with Gasteiger partial charge in [-0.3, -0.25) is 0 Å². The molecule has 0 aromatic rings. The molecule has 4 nitrogen and oxygen atoms in total. The van der Waals surface area contributed by atoms with Crippen molar-refractivity contribution in [2.24, 2.45) is 5.92 Å². The second kappa shape index (κ2) is 7.95. The number of rotatable bonds is 6. The summed E-state index contributed by atoms with van der Waals surface area (Å²) in [7, 11) is -1.93. The average molecular weight is 342 g/mol. The molecule has 1 aliphatic rings. The van der Waals surface area contributed by atoms with Gasteiger partial charge in [-0.1, -0.05) is 32.8 Å². The molecule has 23 heavy (non-hydrogen) atoms. The summed E-state index contributed by atoms with van der Waals surface area (Å²) in [5.74, 6) is 2.15. The van der Waals surface area contributed by atoms with Crippen LogP contribution in [0.15, 0.2) is 12.2 Å². The molecule has 132 valence electrons. The molecular weight excluding hydrogens is 308 g/mol. The second-order valence-electron chi connectivity index (χ2n) is 7.85. The van der Waals surface area contributed by atoms with E-state index in [1.54, 1.807) is 6.08 Å². The van der Waals surface area contributed by atoms with Gasteiger partial charge in [-0.2, -0.15) is 0 Å². The summed E-state index contributed by atoms with van der Waals surface area (Å²) in [4.78, 5) is 0. The Hall–Kier alpha value is -0.643. The second-order valence-corrected chi connectivity index (χ2v) is 12.7. The fraction of sp³-hybridized carbons (Fsp3) is 0.778. The number of ether oxygens (including phenoxy) is 2. The maximum Gasteiger partial charge on any atom is 0.192 e. The Balaban J connectivity index is 2.87. The van der Waals surface area contributed by atoms with Crippen LogP contribution in [-0.4, -0.2) is 44.6 Å². The van der Waals surface area contributed by atoms with Gasteiger partial charge in [0.25, 0.3) is 0 Å². The lowest BCUT2D eigenvalue weighted by Crippen LogP contribution is -2.47. The van der Waals surface area contributed by atoms with Crippen molar-refractivity contribution >= 4 is 8.32 Å². The lowest BCUT2D eigenvalue weighted by molar-refractivity contribution is -0.188. The molecule has 4 atom stereocenters. The normalized spacial score (nSPS) is 27.3. The van der Waals surface area contributed by atoms with E-state index in [2.05, 4.69) is 39.8 Å². The molecule has 0 saturated heterocycles. The van der Waals surface area contributed by atoms with Crippen molar-refractivity contribution in [2.75, 3.05) is 6.61 Å². The van der Waals surface area contributed by atoms with E-state index in [-0.39, 0.29) is 23.2 Å². The van der Waals surface area contributed by atoms with Gasteiger partial charge in [-0.25, -0.2) is 0 Å². The molecule has 0 unspecified atom stereocenters. The molecule has 0 aromatic carbocycles. The van der Waals surface area contributed by atoms with E-state index in [0.717, 1.165) is 0 Å². The number of aliphatic hydroxyl groups is 1. The maximum atomic E-state index is 10.2. The molecule has 1 heterocycles. The van der Waals surface area contributed by atoms with Gasteiger partial charge in [0, 0.05) is 5.92 Å². The van der Waals surface area contributed by atoms with Crippen LogP contribution in [-0.2, 0) is 13.9 Å². The first-order chi connectivity index (χ1) is 11.0. The third-order valence-electron chi connectivity index (χ3n) is 4.56. The molecule has 1 aliphatic heterocycles. The predicted octanol–water partition coefficient (Wildman–Crippen LogP) is 3.32. The highest BCUT2D eigenvalue weighted by Gasteiger charge is 2.40. The first kappa shape index (κ1) is 18.7. The minimum atomic E-state index is -1.93. The van der Waals surface area contributed by atoms with E-state index in [4.69, 9.17) is 15.3 Å². The van der Waals surface area contributed by atoms with Crippen LogP contribution in [0.5, 0.6) is 0 Å². The standard InChI is InChI=1S/C18H32O4Si/c1-9-15(19)14-10-11-17(21-13(2)3)22-16(14)12-20-23(7,8)18(4,5)6/h1,10-11,13-17,19H,12H2,2-8H3/t14-,15+,16-,17+/m1/s1/i1D. The summed E-state index contributed by atoms with van der Waals surface area (Å²) in [5, 5.41) is 10.3. The van der Waals surface area contributed by atoms with Crippen LogP contribution in [0.1, 0.15) is 36.0 Å². The fourth-order valence-electron chi connectivity index (χ4n) is 2.06. The van der Waals surface area contributed by atoms with Gasteiger partial charge in [0.05, 0.1) is 18.8 Å². The lowest BCUT2D eigenvalue weighted by atomic mass is 9.94. The minimum Gasteiger partial charge on any atom is -0.414 e. The van der Waals surface area contributed by atoms with Gasteiger partial charge in [0.1, 0.15) is 7.47 Å². The van der Waals surface area contributed by atoms with Crippen LogP contribution >= 0.6 is 0 Å². The number of terminal acetylenes is 1. The zero-order valence-corrected chi connectivity index (χ0v) is 16.4. The maximum absolute atomic E-state index is 10.2. The highest BCUT2D eigenvalue weighted by molar-refractivity contribution is 6.74. The van der Waals surface area contributed by atoms with Crippen molar-refractivity contribution in [1.82, 2.24) is 0 Å². The average Bonchev–Trinajstić information content (AvgIpc) is 2.43. The van der Waals surface area contributed by atoms with Crippen LogP contribution in [0.3, 0.4) is 0 Å². The lowest BCUT2D eigenvalue weighted by Gasteiger charge is -2.40. The fourth-order valence-corrected chi connectivity index (χ4v) is 3.07. The molecule has 1 rings (SSSR count). The van der Waals surface area contributed by atoms with Crippen LogP contribution < -0.4 is 0 Å². The van der Waals surface area contributed by atoms with Crippen LogP contribution in [0, 0.1) is 18.2 Å². The monoisotopic (exact) mass is 341 g/mol. The quantitative estimate of drug-likeness (QED) is 0.457. The van der Waals surface area contributed by atoms with Gasteiger partial charge in [-0.05, 0) is 38.1 Å². The zero-order valence-electron chi connectivity index (χ0n) is 16.4. The van der Waals surface area contributed by atoms with E-state index in [0.29, 0.717) is 6.61 Å². The molecule has 0 spiro atoms. The van der Waals surface area contributed by atoms with E-state index < -0.39 is 20.7 Å². The van der Waals surface area contributed by atoms with Crippen molar-refractivity contribution in [3.05, 3.63) is 12.2 Å². The van der Waals surface area contributed by atoms with Gasteiger partial charge in [0.2, 0.25) is 0 Å². The zero-order chi connectivity index (χ0) is 18.5. The molecule has 0 bridgehead atoms. The van der Waals surface area contributed by atoms with E-state index in [1.165, 1.54) is 0 Å². The minimum absolute atomic E-state index is 0.0381. The van der Waals surface area contributed by atoms with Gasteiger partial charge >= 0.3 is 0 Å². The summed E-state index contributed by atoms with van der Waals surface area (Å²) < 4.78 is 24.9. The third-order valence-corrected chi connectivity index (χ3v) is 9.06. The molecule has 0 aromatic heterocycles. The van der Waals surface area contributed by atoms with Crippen LogP contribution in [0.25, 0.3) is 0 Å². The van der Waals surface area contributed by atoms with E-state index in [9.17, 15) is 5.11 Å². The van der Waals surface area contributed by atoms with Crippen molar-refractivity contribution in [3.8, 4) is 12.3 Å². The number of aliphatic hydroxyl groups excluding tert-OH is 1. The van der Waals surface area contributed by atoms with Crippen molar-refractivity contribution in [2.45, 2.75) is 77.4 Å². The SMILES string of the molecule is [2H]C#C[C@H](O)[C@H]1C=C[C@@H](OC(C)C)O[C@@H]1CO[Si](C)(C)C(C)(C)C. The smallest absolute Gasteiger partial charge is 0.192 e. The molecule has 0 radical (unpaired) electrons. The van der Waals surface area contributed by atoms with Gasteiger partial charge < -0.3 is 19.0 Å². The summed E-state index contributed by atoms with van der Waals surface area (Å²) in [5.41, 5.74) is 0. The first-order valence-electron chi connectivity index (χ1n) is 8.71. The Bertz CT molecular complexity index is 487. The summed E-state index contributed by atoms with van der Waals surface area (Å²) >= 11 is 0. The largest absolute Gasteiger partial charge is 0.414 e. The molecule has 5 heteroatoms. The summed E-state index contributed by atoms with van der Waals surface area (Å²) in [6.07, 6.45) is 3.96. The summed E-state index contributed by atoms with van der Waals surface area (Å²) in [6.45, 7) is 15.2. The van der Waals surface area contributed by atoms with Crippen LogP contribution in [0.4, 0.5) is 0 Å². The first-order valence-corrected chi connectivity index (χ1v) is 11.1. The molecule has 0 aliphatic carbocycles.